The van der Waals surface area contributed by atoms with Crippen LogP contribution in [0, 0.1) is 5.82 Å². The predicted molar refractivity (Wildman–Crippen MR) is 50.8 cm³/mol. The molecule has 0 radical (unpaired) electrons. The second-order valence-corrected chi connectivity index (χ2v) is 3.99. The molecule has 1 aromatic carbocycles. The Labute approximate surface area is 82.1 Å². The average molecular weight is 193 g/mol. The van der Waals surface area contributed by atoms with E-state index >= 15 is 0 Å². The Morgan fingerprint density at radius 2 is 2.21 bits per heavy atom. The standard InChI is InChI=1S/C11H12FNO/c12-7-1-4-11-9(5-7)10(6-14-11)13-8-2-3-8/h1,4-5,8,10,13H,2-3,6H2. The quantitative estimate of drug-likeness (QED) is 0.775. The first kappa shape index (κ1) is 8.24. The van der Waals surface area contributed by atoms with Crippen molar-refractivity contribution in [2.75, 3.05) is 6.61 Å². The van der Waals surface area contributed by atoms with Gasteiger partial charge in [-0.1, -0.05) is 0 Å². The highest BCUT2D eigenvalue weighted by Crippen LogP contribution is 2.35. The number of halogens is 1. The van der Waals surface area contributed by atoms with Crippen molar-refractivity contribution in [3.8, 4) is 5.75 Å². The summed E-state index contributed by atoms with van der Waals surface area (Å²) in [5.41, 5.74) is 0.969. The highest BCUT2D eigenvalue weighted by Gasteiger charge is 2.30. The lowest BCUT2D eigenvalue weighted by atomic mass is 10.1. The van der Waals surface area contributed by atoms with Crippen LogP contribution in [-0.2, 0) is 0 Å². The molecule has 2 aliphatic rings. The van der Waals surface area contributed by atoms with Gasteiger partial charge in [0.05, 0.1) is 6.04 Å². The molecule has 1 saturated carbocycles. The second-order valence-electron chi connectivity index (χ2n) is 3.99. The minimum absolute atomic E-state index is 0.183. The smallest absolute Gasteiger partial charge is 0.124 e. The van der Waals surface area contributed by atoms with Crippen molar-refractivity contribution in [2.24, 2.45) is 0 Å². The van der Waals surface area contributed by atoms with E-state index in [1.165, 1.54) is 18.9 Å². The molecule has 0 bridgehead atoms. The van der Waals surface area contributed by atoms with Crippen LogP contribution in [-0.4, -0.2) is 12.6 Å². The summed E-state index contributed by atoms with van der Waals surface area (Å²) in [6.45, 7) is 0.634. The Morgan fingerprint density at radius 3 is 3.00 bits per heavy atom. The van der Waals surface area contributed by atoms with Crippen molar-refractivity contribution in [1.82, 2.24) is 5.32 Å². The van der Waals surface area contributed by atoms with Gasteiger partial charge in [-0.3, -0.25) is 0 Å². The maximum atomic E-state index is 13.0. The van der Waals surface area contributed by atoms with E-state index < -0.39 is 0 Å². The molecular weight excluding hydrogens is 181 g/mol. The first-order valence-electron chi connectivity index (χ1n) is 5.01. The van der Waals surface area contributed by atoms with Crippen LogP contribution in [0.3, 0.4) is 0 Å². The SMILES string of the molecule is Fc1ccc2c(c1)C(NC1CC1)CO2. The number of hydrogen-bond donors (Lipinski definition) is 1. The normalized spacial score (nSPS) is 24.5. The van der Waals surface area contributed by atoms with Crippen LogP contribution in [0.4, 0.5) is 4.39 Å². The van der Waals surface area contributed by atoms with Gasteiger partial charge in [0.15, 0.2) is 0 Å². The Bertz CT molecular complexity index is 362. The van der Waals surface area contributed by atoms with E-state index in [0.29, 0.717) is 12.6 Å². The fourth-order valence-electron chi connectivity index (χ4n) is 1.86. The van der Waals surface area contributed by atoms with E-state index in [1.54, 1.807) is 12.1 Å². The topological polar surface area (TPSA) is 21.3 Å². The third kappa shape index (κ3) is 1.38. The van der Waals surface area contributed by atoms with E-state index in [0.717, 1.165) is 11.3 Å². The molecule has 1 fully saturated rings. The Kier molecular flexibility index (Phi) is 1.74. The average Bonchev–Trinajstić information content (AvgIpc) is 2.90. The van der Waals surface area contributed by atoms with E-state index in [-0.39, 0.29) is 11.9 Å². The Hall–Kier alpha value is -1.09. The van der Waals surface area contributed by atoms with Gasteiger partial charge in [-0.15, -0.1) is 0 Å². The number of fused-ring (bicyclic) bond motifs is 1. The summed E-state index contributed by atoms with van der Waals surface area (Å²) in [4.78, 5) is 0. The molecular formula is C11H12FNO. The predicted octanol–water partition coefficient (Wildman–Crippen LogP) is 2.01. The van der Waals surface area contributed by atoms with Crippen LogP contribution in [0.5, 0.6) is 5.75 Å². The largest absolute Gasteiger partial charge is 0.491 e. The molecule has 1 heterocycles. The van der Waals surface area contributed by atoms with Gasteiger partial charge >= 0.3 is 0 Å². The summed E-state index contributed by atoms with van der Waals surface area (Å²) in [5.74, 6) is 0.640. The molecule has 3 rings (SSSR count). The number of hydrogen-bond acceptors (Lipinski definition) is 2. The summed E-state index contributed by atoms with van der Waals surface area (Å²) < 4.78 is 18.5. The van der Waals surface area contributed by atoms with Crippen molar-refractivity contribution in [3.63, 3.8) is 0 Å². The van der Waals surface area contributed by atoms with E-state index in [1.807, 2.05) is 0 Å². The van der Waals surface area contributed by atoms with Crippen LogP contribution in [0.15, 0.2) is 18.2 Å². The van der Waals surface area contributed by atoms with Crippen molar-refractivity contribution >= 4 is 0 Å². The lowest BCUT2D eigenvalue weighted by molar-refractivity contribution is 0.310. The monoisotopic (exact) mass is 193 g/mol. The van der Waals surface area contributed by atoms with Crippen molar-refractivity contribution in [1.29, 1.82) is 0 Å². The summed E-state index contributed by atoms with van der Waals surface area (Å²) in [6, 6.07) is 5.53. The number of ether oxygens (including phenoxy) is 1. The summed E-state index contributed by atoms with van der Waals surface area (Å²) in [6.07, 6.45) is 2.47. The third-order valence-corrected chi connectivity index (χ3v) is 2.77. The van der Waals surface area contributed by atoms with Crippen LogP contribution in [0.2, 0.25) is 0 Å². The molecule has 1 unspecified atom stereocenters. The molecule has 74 valence electrons. The molecule has 2 nitrogen and oxygen atoms in total. The molecule has 0 amide bonds. The molecule has 1 aliphatic heterocycles. The number of nitrogens with one attached hydrogen (secondary N) is 1. The maximum absolute atomic E-state index is 13.0. The molecule has 0 aromatic heterocycles. The first-order valence-corrected chi connectivity index (χ1v) is 5.01. The lowest BCUT2D eigenvalue weighted by Gasteiger charge is -2.09. The van der Waals surface area contributed by atoms with Gasteiger partial charge < -0.3 is 10.1 Å². The third-order valence-electron chi connectivity index (χ3n) is 2.77. The summed E-state index contributed by atoms with van der Waals surface area (Å²) in [5, 5.41) is 3.44. The van der Waals surface area contributed by atoms with Crippen LogP contribution in [0.25, 0.3) is 0 Å². The first-order chi connectivity index (χ1) is 6.83. The van der Waals surface area contributed by atoms with Crippen molar-refractivity contribution in [2.45, 2.75) is 24.9 Å². The van der Waals surface area contributed by atoms with Gasteiger partial charge in [-0.05, 0) is 31.0 Å². The van der Waals surface area contributed by atoms with Crippen LogP contribution >= 0.6 is 0 Å². The fraction of sp³-hybridized carbons (Fsp3) is 0.455. The van der Waals surface area contributed by atoms with Gasteiger partial charge in [0.25, 0.3) is 0 Å². The zero-order valence-electron chi connectivity index (χ0n) is 7.79. The van der Waals surface area contributed by atoms with E-state index in [9.17, 15) is 4.39 Å². The van der Waals surface area contributed by atoms with E-state index in [4.69, 9.17) is 4.74 Å². The minimum atomic E-state index is -0.183. The molecule has 0 saturated heterocycles. The molecule has 1 atom stereocenters. The molecule has 1 aliphatic carbocycles. The van der Waals surface area contributed by atoms with Gasteiger partial charge in [-0.25, -0.2) is 4.39 Å². The van der Waals surface area contributed by atoms with Gasteiger partial charge in [0.1, 0.15) is 18.2 Å². The Morgan fingerprint density at radius 1 is 1.36 bits per heavy atom. The van der Waals surface area contributed by atoms with Crippen molar-refractivity contribution in [3.05, 3.63) is 29.6 Å². The van der Waals surface area contributed by atoms with Gasteiger partial charge in [0.2, 0.25) is 0 Å². The molecule has 1 aromatic rings. The minimum Gasteiger partial charge on any atom is -0.491 e. The molecule has 0 spiro atoms. The molecule has 3 heteroatoms. The highest BCUT2D eigenvalue weighted by atomic mass is 19.1. The maximum Gasteiger partial charge on any atom is 0.124 e. The lowest BCUT2D eigenvalue weighted by Crippen LogP contribution is -2.24. The van der Waals surface area contributed by atoms with Gasteiger partial charge in [-0.2, -0.15) is 0 Å². The van der Waals surface area contributed by atoms with E-state index in [2.05, 4.69) is 5.32 Å². The summed E-state index contributed by atoms with van der Waals surface area (Å²) >= 11 is 0. The fourth-order valence-corrected chi connectivity index (χ4v) is 1.86. The molecule has 1 N–H and O–H groups in total. The summed E-state index contributed by atoms with van der Waals surface area (Å²) in [7, 11) is 0. The molecule has 14 heavy (non-hydrogen) atoms. The van der Waals surface area contributed by atoms with Gasteiger partial charge in [0, 0.05) is 11.6 Å². The Balaban J connectivity index is 1.87. The van der Waals surface area contributed by atoms with Crippen LogP contribution in [0.1, 0.15) is 24.4 Å². The number of benzene rings is 1. The highest BCUT2D eigenvalue weighted by molar-refractivity contribution is 5.39. The van der Waals surface area contributed by atoms with Crippen LogP contribution < -0.4 is 10.1 Å². The zero-order valence-corrected chi connectivity index (χ0v) is 7.79. The second kappa shape index (κ2) is 2.95. The number of rotatable bonds is 2. The zero-order chi connectivity index (χ0) is 9.54. The van der Waals surface area contributed by atoms with Crippen molar-refractivity contribution < 1.29 is 9.13 Å².